The van der Waals surface area contributed by atoms with Gasteiger partial charge in [0.05, 0.1) is 23.3 Å². The van der Waals surface area contributed by atoms with Gasteiger partial charge in [-0.15, -0.1) is 0 Å². The molecule has 1 aliphatic carbocycles. The first kappa shape index (κ1) is 19.8. The van der Waals surface area contributed by atoms with Crippen LogP contribution in [0.4, 0.5) is 0 Å². The Hall–Kier alpha value is -3.48. The minimum atomic E-state index is -0.962. The van der Waals surface area contributed by atoms with Gasteiger partial charge in [0.15, 0.2) is 6.10 Å². The van der Waals surface area contributed by atoms with E-state index in [9.17, 15) is 14.4 Å². The highest BCUT2D eigenvalue weighted by Gasteiger charge is 2.25. The molecule has 3 aromatic rings. The molecule has 4 rings (SSSR count). The van der Waals surface area contributed by atoms with Gasteiger partial charge >= 0.3 is 5.97 Å². The summed E-state index contributed by atoms with van der Waals surface area (Å²) in [5, 5.41) is 3.41. The van der Waals surface area contributed by atoms with E-state index in [1.54, 1.807) is 24.3 Å². The number of nitrogens with one attached hydrogen (secondary N) is 1. The van der Waals surface area contributed by atoms with Crippen molar-refractivity contribution in [1.82, 2.24) is 14.9 Å². The van der Waals surface area contributed by atoms with E-state index < -0.39 is 12.1 Å². The van der Waals surface area contributed by atoms with Crippen LogP contribution in [-0.4, -0.2) is 27.5 Å². The summed E-state index contributed by atoms with van der Waals surface area (Å²) in [6, 6.07) is 14.9. The van der Waals surface area contributed by atoms with E-state index in [1.165, 1.54) is 23.4 Å². The zero-order valence-electron chi connectivity index (χ0n) is 16.7. The number of amides is 1. The Balaban J connectivity index is 1.39. The monoisotopic (exact) mass is 405 g/mol. The third-order valence-electron chi connectivity index (χ3n) is 5.39. The summed E-state index contributed by atoms with van der Waals surface area (Å²) in [6.07, 6.45) is 3.20. The second kappa shape index (κ2) is 8.49. The van der Waals surface area contributed by atoms with Crippen LogP contribution in [-0.2, 0) is 27.3 Å². The van der Waals surface area contributed by atoms with Crippen molar-refractivity contribution in [2.24, 2.45) is 0 Å². The van der Waals surface area contributed by atoms with E-state index in [2.05, 4.69) is 16.4 Å². The van der Waals surface area contributed by atoms with Gasteiger partial charge in [-0.25, -0.2) is 4.98 Å². The number of carbonyl (C=O) groups excluding carboxylic acids is 2. The van der Waals surface area contributed by atoms with Crippen LogP contribution in [0.5, 0.6) is 0 Å². The van der Waals surface area contributed by atoms with Crippen molar-refractivity contribution >= 4 is 22.8 Å². The third kappa shape index (κ3) is 4.10. The molecule has 154 valence electrons. The molecule has 0 radical (unpaired) electrons. The lowest BCUT2D eigenvalue weighted by molar-refractivity contribution is -0.155. The lowest BCUT2D eigenvalue weighted by Gasteiger charge is -2.27. The van der Waals surface area contributed by atoms with Crippen LogP contribution < -0.4 is 10.9 Å². The molecule has 30 heavy (non-hydrogen) atoms. The van der Waals surface area contributed by atoms with Crippen molar-refractivity contribution in [2.75, 3.05) is 0 Å². The minimum absolute atomic E-state index is 0.0871. The van der Waals surface area contributed by atoms with Gasteiger partial charge in [-0.05, 0) is 49.4 Å². The zero-order chi connectivity index (χ0) is 21.1. The second-order valence-electron chi connectivity index (χ2n) is 7.48. The van der Waals surface area contributed by atoms with Crippen molar-refractivity contribution < 1.29 is 14.3 Å². The highest BCUT2D eigenvalue weighted by molar-refractivity contribution is 5.84. The number of ether oxygens (including phenoxy) is 1. The number of aryl methyl sites for hydroxylation is 1. The molecule has 7 heteroatoms. The molecule has 2 aromatic carbocycles. The maximum Gasteiger partial charge on any atom is 0.326 e. The molecule has 1 N–H and O–H groups in total. The first-order valence-electron chi connectivity index (χ1n) is 10.0. The second-order valence-corrected chi connectivity index (χ2v) is 7.48. The molecule has 0 unspecified atom stereocenters. The minimum Gasteiger partial charge on any atom is -0.451 e. The fourth-order valence-corrected chi connectivity index (χ4v) is 3.84. The molecule has 0 bridgehead atoms. The van der Waals surface area contributed by atoms with Crippen LogP contribution in [0.1, 0.15) is 36.9 Å². The Kier molecular flexibility index (Phi) is 5.61. The van der Waals surface area contributed by atoms with Crippen LogP contribution in [0.25, 0.3) is 10.9 Å². The normalized spacial score (nSPS) is 16.5. The number of carbonyl (C=O) groups is 2. The summed E-state index contributed by atoms with van der Waals surface area (Å²) in [4.78, 5) is 41.6. The Morgan fingerprint density at radius 3 is 2.83 bits per heavy atom. The number of aromatic nitrogens is 2. The van der Waals surface area contributed by atoms with Crippen LogP contribution in [0.2, 0.25) is 0 Å². The number of hydrogen-bond acceptors (Lipinski definition) is 5. The topological polar surface area (TPSA) is 90.3 Å². The molecule has 0 fully saturated rings. The molecular weight excluding hydrogens is 382 g/mol. The van der Waals surface area contributed by atoms with E-state index >= 15 is 0 Å². The lowest BCUT2D eigenvalue weighted by Crippen LogP contribution is -2.40. The fourth-order valence-electron chi connectivity index (χ4n) is 3.84. The molecule has 0 aliphatic heterocycles. The summed E-state index contributed by atoms with van der Waals surface area (Å²) in [5.41, 5.74) is 2.59. The number of rotatable bonds is 5. The Morgan fingerprint density at radius 2 is 1.97 bits per heavy atom. The molecule has 0 spiro atoms. The van der Waals surface area contributed by atoms with Crippen molar-refractivity contribution in [3.05, 3.63) is 76.3 Å². The van der Waals surface area contributed by atoms with Gasteiger partial charge in [-0.1, -0.05) is 36.4 Å². The molecule has 1 heterocycles. The van der Waals surface area contributed by atoms with Gasteiger partial charge in [-0.2, -0.15) is 0 Å². The average Bonchev–Trinajstić information content (AvgIpc) is 2.76. The number of nitrogens with zero attached hydrogens (tertiary/aromatic N) is 2. The smallest absolute Gasteiger partial charge is 0.326 e. The standard InChI is InChI=1S/C23H23N3O4/c1-15(22(28)25-20-12-6-8-16-7-2-3-9-17(16)20)30-21(27)13-26-14-24-19-11-5-4-10-18(19)23(26)29/h2-5,7,9-11,14-15,20H,6,8,12-13H2,1H3,(H,25,28)/t15-,20-/m1/s1. The van der Waals surface area contributed by atoms with E-state index in [4.69, 9.17) is 4.74 Å². The SMILES string of the molecule is C[C@@H](OC(=O)Cn1cnc2ccccc2c1=O)C(=O)N[C@@H]1CCCc2ccccc21. The largest absolute Gasteiger partial charge is 0.451 e. The summed E-state index contributed by atoms with van der Waals surface area (Å²) in [6.45, 7) is 1.23. The third-order valence-corrected chi connectivity index (χ3v) is 5.39. The van der Waals surface area contributed by atoms with Gasteiger partial charge < -0.3 is 10.1 Å². The predicted molar refractivity (Wildman–Crippen MR) is 112 cm³/mol. The number of fused-ring (bicyclic) bond motifs is 2. The van der Waals surface area contributed by atoms with Gasteiger partial charge in [0.25, 0.3) is 11.5 Å². The molecular formula is C23H23N3O4. The van der Waals surface area contributed by atoms with Crippen LogP contribution in [0, 0.1) is 0 Å². The molecule has 2 atom stereocenters. The molecule has 7 nitrogen and oxygen atoms in total. The lowest BCUT2D eigenvalue weighted by atomic mass is 9.87. The highest BCUT2D eigenvalue weighted by Crippen LogP contribution is 2.29. The van der Waals surface area contributed by atoms with Gasteiger partial charge in [0.1, 0.15) is 6.54 Å². The van der Waals surface area contributed by atoms with E-state index in [0.717, 1.165) is 24.8 Å². The van der Waals surface area contributed by atoms with Gasteiger partial charge in [0, 0.05) is 0 Å². The summed E-state index contributed by atoms with van der Waals surface area (Å²) < 4.78 is 6.46. The number of para-hydroxylation sites is 1. The number of hydrogen-bond donors (Lipinski definition) is 1. The quantitative estimate of drug-likeness (QED) is 0.659. The molecule has 1 aliphatic rings. The number of benzene rings is 2. The average molecular weight is 405 g/mol. The van der Waals surface area contributed by atoms with Crippen molar-refractivity contribution in [1.29, 1.82) is 0 Å². The first-order chi connectivity index (χ1) is 14.5. The van der Waals surface area contributed by atoms with Crippen molar-refractivity contribution in [3.63, 3.8) is 0 Å². The highest BCUT2D eigenvalue weighted by atomic mass is 16.5. The zero-order valence-corrected chi connectivity index (χ0v) is 16.7. The van der Waals surface area contributed by atoms with E-state index in [-0.39, 0.29) is 24.1 Å². The Morgan fingerprint density at radius 1 is 1.20 bits per heavy atom. The van der Waals surface area contributed by atoms with E-state index in [0.29, 0.717) is 10.9 Å². The molecule has 0 saturated heterocycles. The van der Waals surface area contributed by atoms with Crippen LogP contribution in [0.15, 0.2) is 59.7 Å². The maximum atomic E-state index is 12.6. The first-order valence-corrected chi connectivity index (χ1v) is 10.0. The van der Waals surface area contributed by atoms with Crippen LogP contribution >= 0.6 is 0 Å². The predicted octanol–water partition coefficient (Wildman–Crippen LogP) is 2.52. The maximum absolute atomic E-state index is 12.6. The molecule has 1 amide bonds. The Labute approximate surface area is 173 Å². The van der Waals surface area contributed by atoms with Crippen molar-refractivity contribution in [3.8, 4) is 0 Å². The van der Waals surface area contributed by atoms with E-state index in [1.807, 2.05) is 18.2 Å². The van der Waals surface area contributed by atoms with Gasteiger partial charge in [-0.3, -0.25) is 19.0 Å². The fraction of sp³-hybridized carbons (Fsp3) is 0.304. The summed E-state index contributed by atoms with van der Waals surface area (Å²) in [7, 11) is 0. The van der Waals surface area contributed by atoms with Crippen LogP contribution in [0.3, 0.4) is 0 Å². The van der Waals surface area contributed by atoms with Gasteiger partial charge in [0.2, 0.25) is 0 Å². The molecule has 0 saturated carbocycles. The Bertz CT molecular complexity index is 1150. The summed E-state index contributed by atoms with van der Waals surface area (Å²) in [5.74, 6) is -1.02. The summed E-state index contributed by atoms with van der Waals surface area (Å²) >= 11 is 0. The molecule has 1 aromatic heterocycles. The number of esters is 1. The van der Waals surface area contributed by atoms with Crippen molar-refractivity contribution in [2.45, 2.75) is 44.9 Å².